The van der Waals surface area contributed by atoms with Crippen LogP contribution >= 0.6 is 11.8 Å². The van der Waals surface area contributed by atoms with Gasteiger partial charge in [-0.3, -0.25) is 57.7 Å². The van der Waals surface area contributed by atoms with Gasteiger partial charge in [-0.2, -0.15) is 11.8 Å². The predicted molar refractivity (Wildman–Crippen MR) is 357 cm³/mol. The lowest BCUT2D eigenvalue weighted by Gasteiger charge is -2.32. The van der Waals surface area contributed by atoms with Crippen molar-refractivity contribution in [1.82, 2.24) is 77.2 Å². The van der Waals surface area contributed by atoms with Crippen molar-refractivity contribution in [2.24, 2.45) is 45.9 Å². The number of nitrogens with two attached hydrogens (primary N) is 3. The van der Waals surface area contributed by atoms with Gasteiger partial charge in [0.2, 0.25) is 65.0 Å². The summed E-state index contributed by atoms with van der Waals surface area (Å²) in [4.78, 5) is 190. The highest BCUT2D eigenvalue weighted by Crippen LogP contribution is 2.24. The number of hydrogen-bond acceptors (Lipinski definition) is 17. The molecule has 0 radical (unpaired) electrons. The fourth-order valence-corrected chi connectivity index (χ4v) is 12.5. The number of aromatic nitrogens is 4. The van der Waals surface area contributed by atoms with Gasteiger partial charge >= 0.3 is 5.97 Å². The Balaban J connectivity index is 1.25. The quantitative estimate of drug-likeness (QED) is 0.0205. The van der Waals surface area contributed by atoms with Gasteiger partial charge in [-0.1, -0.05) is 55.4 Å². The Morgan fingerprint density at radius 2 is 1.03 bits per heavy atom. The van der Waals surface area contributed by atoms with Crippen molar-refractivity contribution in [3.05, 3.63) is 36.4 Å². The van der Waals surface area contributed by atoms with E-state index < -0.39 is 144 Å². The SMILES string of the molecule is CSCC[C@H](NC(=O)[C@H](Cc1cnc[nH]1)NC(=O)[C@H](CC(C)C)NC(=O)[C@@H](NC(=O)[C@@H]1CCCN1C(=O)[C@H](Cc1cnc[nH]1)NC(=O)[C@@H]1CCCN1C(=O)[C@@H](N)CC(C)C)C(C)C)C(=O)NCC(=O)N1CCC[C@H]1C(=O)N[C@@H](CC(C)C)C(=O)N[C@@H](CCCN=C(N)N)C(=O)O. The number of rotatable bonds is 38. The Hall–Kier alpha value is -8.36. The van der Waals surface area contributed by atoms with E-state index in [9.17, 15) is 62.6 Å². The van der Waals surface area contributed by atoms with Crippen LogP contribution in [0.15, 0.2) is 30.0 Å². The van der Waals surface area contributed by atoms with E-state index in [0.29, 0.717) is 55.8 Å². The van der Waals surface area contributed by atoms with Gasteiger partial charge in [0.1, 0.15) is 60.4 Å². The van der Waals surface area contributed by atoms with Crippen LogP contribution in [0.4, 0.5) is 0 Å². The molecule has 17 N–H and O–H groups in total. The first-order valence-electron chi connectivity index (χ1n) is 33.3. The summed E-state index contributed by atoms with van der Waals surface area (Å²) in [7, 11) is 0. The molecule has 534 valence electrons. The summed E-state index contributed by atoms with van der Waals surface area (Å²) in [6.45, 7) is 14.8. The molecule has 0 unspecified atom stereocenters. The van der Waals surface area contributed by atoms with E-state index in [0.717, 1.165) is 0 Å². The monoisotopic (exact) mass is 1370 g/mol. The van der Waals surface area contributed by atoms with E-state index >= 15 is 0 Å². The van der Waals surface area contributed by atoms with Crippen molar-refractivity contribution in [3.8, 4) is 0 Å². The van der Waals surface area contributed by atoms with Crippen molar-refractivity contribution in [2.75, 3.05) is 44.7 Å². The molecule has 11 atom stereocenters. The summed E-state index contributed by atoms with van der Waals surface area (Å²) >= 11 is 1.39. The number of carboxylic acid groups (broad SMARTS) is 1. The number of carbonyl (C=O) groups excluding carboxylic acids is 11. The Bertz CT molecular complexity index is 2980. The predicted octanol–water partition coefficient (Wildman–Crippen LogP) is -1.59. The first-order valence-corrected chi connectivity index (χ1v) is 34.7. The van der Waals surface area contributed by atoms with Crippen LogP contribution in [0.25, 0.3) is 0 Å². The third kappa shape index (κ3) is 24.1. The number of nitrogens with one attached hydrogen (secondary N) is 10. The number of likely N-dealkylation sites (tertiary alicyclic amines) is 3. The second kappa shape index (κ2) is 38.4. The van der Waals surface area contributed by atoms with E-state index in [-0.39, 0.29) is 107 Å². The van der Waals surface area contributed by atoms with Gasteiger partial charge in [0.15, 0.2) is 5.96 Å². The molecule has 5 heterocycles. The number of amides is 11. The average Bonchev–Trinajstić information content (AvgIpc) is 1.59. The molecule has 3 saturated heterocycles. The zero-order valence-corrected chi connectivity index (χ0v) is 57.6. The number of carboxylic acids is 1. The Labute approximate surface area is 565 Å². The summed E-state index contributed by atoms with van der Waals surface area (Å²) < 4.78 is 0. The number of H-pyrrole nitrogens is 2. The maximum absolute atomic E-state index is 14.7. The lowest BCUT2D eigenvalue weighted by molar-refractivity contribution is -0.144. The van der Waals surface area contributed by atoms with Gasteiger partial charge in [0, 0.05) is 62.8 Å². The van der Waals surface area contributed by atoms with Crippen LogP contribution in [0.3, 0.4) is 0 Å². The van der Waals surface area contributed by atoms with Gasteiger partial charge in [-0.05, 0) is 113 Å². The number of guanidine groups is 1. The van der Waals surface area contributed by atoms with Gasteiger partial charge in [0.25, 0.3) is 0 Å². The minimum atomic E-state index is -1.37. The van der Waals surface area contributed by atoms with Gasteiger partial charge in [-0.25, -0.2) is 14.8 Å². The van der Waals surface area contributed by atoms with Crippen LogP contribution in [0.1, 0.15) is 144 Å². The number of thioether (sulfide) groups is 1. The molecule has 0 bridgehead atoms. The molecular weight excluding hydrogens is 1260 g/mol. The third-order valence-corrected chi connectivity index (χ3v) is 17.6. The lowest BCUT2D eigenvalue weighted by atomic mass is 9.99. The van der Waals surface area contributed by atoms with Crippen LogP contribution in [0.2, 0.25) is 0 Å². The molecule has 32 nitrogen and oxygen atoms in total. The highest BCUT2D eigenvalue weighted by Gasteiger charge is 2.44. The highest BCUT2D eigenvalue weighted by atomic mass is 32.2. The van der Waals surface area contributed by atoms with E-state index in [4.69, 9.17) is 17.2 Å². The van der Waals surface area contributed by atoms with Gasteiger partial charge in [-0.15, -0.1) is 0 Å². The summed E-state index contributed by atoms with van der Waals surface area (Å²) in [5.74, 6) is -8.86. The van der Waals surface area contributed by atoms with Crippen molar-refractivity contribution < 1.29 is 62.6 Å². The smallest absolute Gasteiger partial charge is 0.326 e. The minimum absolute atomic E-state index is 0.00683. The average molecular weight is 1370 g/mol. The number of aliphatic carboxylic acids is 1. The second-order valence-corrected chi connectivity index (χ2v) is 27.6. The highest BCUT2D eigenvalue weighted by molar-refractivity contribution is 7.98. The number of aliphatic imine (C=N–C) groups is 1. The Morgan fingerprint density at radius 1 is 0.573 bits per heavy atom. The summed E-state index contributed by atoms with van der Waals surface area (Å²) in [6.07, 6.45) is 10.7. The third-order valence-electron chi connectivity index (χ3n) is 16.9. The van der Waals surface area contributed by atoms with Crippen LogP contribution in [-0.2, 0) is 70.4 Å². The largest absolute Gasteiger partial charge is 0.480 e. The van der Waals surface area contributed by atoms with Crippen LogP contribution in [0, 0.1) is 23.7 Å². The number of imidazole rings is 2. The minimum Gasteiger partial charge on any atom is -0.480 e. The molecular formula is C63H103N19O13S. The maximum Gasteiger partial charge on any atom is 0.326 e. The molecule has 3 aliphatic heterocycles. The zero-order valence-electron chi connectivity index (χ0n) is 56.8. The molecule has 11 amide bonds. The Morgan fingerprint density at radius 3 is 1.53 bits per heavy atom. The molecule has 5 rings (SSSR count). The van der Waals surface area contributed by atoms with Crippen molar-refractivity contribution >= 4 is 88.7 Å². The Kier molecular flexibility index (Phi) is 31.3. The normalized spacial score (nSPS) is 18.7. The van der Waals surface area contributed by atoms with Crippen molar-refractivity contribution in [2.45, 2.75) is 212 Å². The molecule has 3 aliphatic rings. The van der Waals surface area contributed by atoms with E-state index in [2.05, 4.69) is 67.5 Å². The number of hydrogen-bond donors (Lipinski definition) is 14. The molecule has 33 heteroatoms. The van der Waals surface area contributed by atoms with Crippen LogP contribution < -0.4 is 59.7 Å². The van der Waals surface area contributed by atoms with Crippen molar-refractivity contribution in [3.63, 3.8) is 0 Å². The first kappa shape index (κ1) is 78.3. The van der Waals surface area contributed by atoms with E-state index in [1.165, 1.54) is 51.5 Å². The molecule has 0 aliphatic carbocycles. The second-order valence-electron chi connectivity index (χ2n) is 26.6. The van der Waals surface area contributed by atoms with Crippen LogP contribution in [-0.4, -0.2) is 228 Å². The molecule has 2 aromatic rings. The molecule has 0 saturated carbocycles. The standard InChI is InChI=1S/C63H103N19O13S/c1-34(2)24-40(64)60(92)81-21-12-16-48(81)57(89)78-46(28-39-30-68-33-72-39)61(93)82-22-13-17-49(82)58(90)79-51(37(7)8)59(91)77-44(26-36(5)6)54(86)75-45(27-38-29-67-32-71-38)55(87)73-41(18-23-96-9)52(84)70-31-50(83)80-20-11-15-47(80)56(88)76-43(25-35(3)4)53(85)74-42(62(94)95)14-10-19-69-63(65)66/h29-30,32-37,40-49,51H,10-28,31,64H2,1-9H3,(H,67,71)(H,68,72)(H,70,84)(H,73,87)(H,74,85)(H,75,86)(H,76,88)(H,77,91)(H,78,89)(H,79,90)(H,94,95)(H4,65,66,69)/t40-,41-,42-,43-,44-,45-,46-,47-,48-,49-,51-/m0/s1. The number of aromatic amines is 2. The topological polar surface area (TPSA) is 479 Å². The number of carbonyl (C=O) groups is 12. The van der Waals surface area contributed by atoms with E-state index in [1.54, 1.807) is 20.1 Å². The summed E-state index contributed by atoms with van der Waals surface area (Å²) in [5.41, 5.74) is 18.0. The van der Waals surface area contributed by atoms with Gasteiger partial charge in [0.05, 0.1) is 25.2 Å². The molecule has 96 heavy (non-hydrogen) atoms. The fraction of sp³-hybridized carbons (Fsp3) is 0.698. The van der Waals surface area contributed by atoms with Crippen LogP contribution in [0.5, 0.6) is 0 Å². The molecule has 0 aromatic carbocycles. The number of nitrogens with zero attached hydrogens (tertiary/aromatic N) is 6. The molecule has 0 spiro atoms. The molecule has 3 fully saturated rings. The zero-order chi connectivity index (χ0) is 70.9. The first-order chi connectivity index (χ1) is 45.5. The van der Waals surface area contributed by atoms with E-state index in [1.807, 2.05) is 41.5 Å². The lowest BCUT2D eigenvalue weighted by Crippen LogP contribution is -2.61. The van der Waals surface area contributed by atoms with Crippen molar-refractivity contribution in [1.29, 1.82) is 0 Å². The fourth-order valence-electron chi connectivity index (χ4n) is 12.1. The van der Waals surface area contributed by atoms with Gasteiger partial charge < -0.3 is 89.5 Å². The summed E-state index contributed by atoms with van der Waals surface area (Å²) in [5, 5.41) is 31.7. The summed E-state index contributed by atoms with van der Waals surface area (Å²) in [6, 6.07) is -12.5. The maximum atomic E-state index is 14.7. The molecule has 2 aromatic heterocycles.